The standard InChI is InChI=1S/C13H10O.C12H10/c1-2-5-11-10(4-1)7-8-13-12(11)6-3-9-14-13;1-3-7-11(8-4-1)12-9-5-2-6-10-12/h1-8H,9H2;1-10H. The van der Waals surface area contributed by atoms with E-state index >= 15 is 0 Å². The van der Waals surface area contributed by atoms with Crippen LogP contribution in [0.3, 0.4) is 0 Å². The Morgan fingerprint density at radius 1 is 0.577 bits per heavy atom. The molecule has 0 amide bonds. The van der Waals surface area contributed by atoms with Crippen molar-refractivity contribution in [1.82, 2.24) is 0 Å². The van der Waals surface area contributed by atoms with Gasteiger partial charge in [-0.25, -0.2) is 0 Å². The Bertz CT molecular complexity index is 980. The lowest BCUT2D eigenvalue weighted by atomic mass is 10.0. The second-order valence-electron chi connectivity index (χ2n) is 6.14. The second kappa shape index (κ2) is 7.71. The van der Waals surface area contributed by atoms with E-state index < -0.39 is 0 Å². The van der Waals surface area contributed by atoms with Crippen molar-refractivity contribution < 1.29 is 4.74 Å². The first-order chi connectivity index (χ1) is 12.9. The lowest BCUT2D eigenvalue weighted by Gasteiger charge is -2.14. The highest BCUT2D eigenvalue weighted by molar-refractivity contribution is 5.93. The largest absolute Gasteiger partial charge is 0.489 e. The fraction of sp³-hybridized carbons (Fsp3) is 0.0400. The Labute approximate surface area is 154 Å². The Balaban J connectivity index is 0.000000131. The minimum absolute atomic E-state index is 0.686. The monoisotopic (exact) mass is 336 g/mol. The fourth-order valence-corrected chi connectivity index (χ4v) is 3.14. The van der Waals surface area contributed by atoms with E-state index in [4.69, 9.17) is 4.74 Å². The summed E-state index contributed by atoms with van der Waals surface area (Å²) >= 11 is 0. The summed E-state index contributed by atoms with van der Waals surface area (Å²) < 4.78 is 5.54. The van der Waals surface area contributed by atoms with Crippen molar-refractivity contribution in [2.45, 2.75) is 0 Å². The maximum Gasteiger partial charge on any atom is 0.127 e. The molecule has 0 atom stereocenters. The molecule has 0 aromatic heterocycles. The van der Waals surface area contributed by atoms with Gasteiger partial charge in [0.2, 0.25) is 0 Å². The van der Waals surface area contributed by atoms with Crippen LogP contribution in [0.15, 0.2) is 103 Å². The molecule has 26 heavy (non-hydrogen) atoms. The van der Waals surface area contributed by atoms with Gasteiger partial charge >= 0.3 is 0 Å². The van der Waals surface area contributed by atoms with Gasteiger partial charge in [-0.1, -0.05) is 97.1 Å². The number of ether oxygens (including phenoxy) is 1. The molecule has 0 unspecified atom stereocenters. The Morgan fingerprint density at radius 2 is 1.19 bits per heavy atom. The summed E-state index contributed by atoms with van der Waals surface area (Å²) in [6.07, 6.45) is 4.19. The van der Waals surface area contributed by atoms with Gasteiger partial charge in [0, 0.05) is 5.56 Å². The van der Waals surface area contributed by atoms with Crippen LogP contribution in [0.2, 0.25) is 0 Å². The van der Waals surface area contributed by atoms with Gasteiger partial charge in [0.1, 0.15) is 12.4 Å². The zero-order valence-corrected chi connectivity index (χ0v) is 14.5. The van der Waals surface area contributed by atoms with Gasteiger partial charge in [0.15, 0.2) is 0 Å². The summed E-state index contributed by atoms with van der Waals surface area (Å²) in [6.45, 7) is 0.686. The average Bonchev–Trinajstić information content (AvgIpc) is 2.75. The van der Waals surface area contributed by atoms with Crippen LogP contribution in [0, 0.1) is 0 Å². The number of hydrogen-bond donors (Lipinski definition) is 0. The average molecular weight is 336 g/mol. The third-order valence-electron chi connectivity index (χ3n) is 4.43. The van der Waals surface area contributed by atoms with Gasteiger partial charge in [0.05, 0.1) is 0 Å². The van der Waals surface area contributed by atoms with Crippen molar-refractivity contribution in [3.05, 3.63) is 109 Å². The van der Waals surface area contributed by atoms with Crippen molar-refractivity contribution in [2.75, 3.05) is 6.61 Å². The highest BCUT2D eigenvalue weighted by Crippen LogP contribution is 2.31. The number of benzene rings is 4. The van der Waals surface area contributed by atoms with E-state index in [0.717, 1.165) is 5.75 Å². The second-order valence-corrected chi connectivity index (χ2v) is 6.14. The maximum atomic E-state index is 5.54. The van der Waals surface area contributed by atoms with Crippen LogP contribution >= 0.6 is 0 Å². The zero-order valence-electron chi connectivity index (χ0n) is 14.5. The molecule has 126 valence electrons. The van der Waals surface area contributed by atoms with E-state index in [1.807, 2.05) is 18.2 Å². The molecule has 1 heteroatoms. The summed E-state index contributed by atoms with van der Waals surface area (Å²) in [6, 6.07) is 33.3. The first kappa shape index (κ1) is 16.2. The highest BCUT2D eigenvalue weighted by Gasteiger charge is 2.08. The molecule has 0 saturated carbocycles. The number of rotatable bonds is 1. The van der Waals surface area contributed by atoms with E-state index in [9.17, 15) is 0 Å². The zero-order chi connectivity index (χ0) is 17.6. The molecule has 1 aliphatic rings. The summed E-state index contributed by atoms with van der Waals surface area (Å²) in [5.41, 5.74) is 3.76. The lowest BCUT2D eigenvalue weighted by molar-refractivity contribution is 0.359. The maximum absolute atomic E-state index is 5.54. The van der Waals surface area contributed by atoms with Gasteiger partial charge < -0.3 is 4.74 Å². The van der Waals surface area contributed by atoms with Gasteiger partial charge in [-0.05, 0) is 34.0 Å². The molecule has 0 fully saturated rings. The topological polar surface area (TPSA) is 9.23 Å². The summed E-state index contributed by atoms with van der Waals surface area (Å²) in [5.74, 6) is 0.992. The van der Waals surface area contributed by atoms with Gasteiger partial charge in [-0.15, -0.1) is 0 Å². The van der Waals surface area contributed by atoms with Crippen LogP contribution in [-0.4, -0.2) is 6.61 Å². The smallest absolute Gasteiger partial charge is 0.127 e. The normalized spacial score (nSPS) is 11.8. The van der Waals surface area contributed by atoms with E-state index in [0.29, 0.717) is 6.61 Å². The Morgan fingerprint density at radius 3 is 1.88 bits per heavy atom. The highest BCUT2D eigenvalue weighted by atomic mass is 16.5. The molecule has 0 N–H and O–H groups in total. The first-order valence-corrected chi connectivity index (χ1v) is 8.83. The molecule has 1 nitrogen and oxygen atoms in total. The van der Waals surface area contributed by atoms with E-state index in [2.05, 4.69) is 91.0 Å². The molecule has 0 aliphatic carbocycles. The van der Waals surface area contributed by atoms with E-state index in [1.54, 1.807) is 0 Å². The van der Waals surface area contributed by atoms with Gasteiger partial charge in [-0.2, -0.15) is 0 Å². The molecule has 0 saturated heterocycles. The molecule has 0 bridgehead atoms. The molecular weight excluding hydrogens is 316 g/mol. The quantitative estimate of drug-likeness (QED) is 0.380. The van der Waals surface area contributed by atoms with Crippen molar-refractivity contribution in [3.63, 3.8) is 0 Å². The summed E-state index contributed by atoms with van der Waals surface area (Å²) in [7, 11) is 0. The molecule has 0 radical (unpaired) electrons. The third kappa shape index (κ3) is 3.52. The molecule has 1 aliphatic heterocycles. The SMILES string of the molecule is C1=Cc2c(ccc3ccccc23)OC1.c1ccc(-c2ccccc2)cc1. The van der Waals surface area contributed by atoms with E-state index in [1.165, 1.54) is 27.5 Å². The summed E-state index contributed by atoms with van der Waals surface area (Å²) in [5, 5.41) is 2.53. The number of hydrogen-bond acceptors (Lipinski definition) is 1. The van der Waals surface area contributed by atoms with Crippen molar-refractivity contribution in [2.24, 2.45) is 0 Å². The van der Waals surface area contributed by atoms with Crippen LogP contribution < -0.4 is 4.74 Å². The molecule has 4 aromatic rings. The van der Waals surface area contributed by atoms with Crippen LogP contribution in [-0.2, 0) is 0 Å². The predicted octanol–water partition coefficient (Wildman–Crippen LogP) is 6.60. The molecule has 5 rings (SSSR count). The van der Waals surface area contributed by atoms with Crippen LogP contribution in [0.1, 0.15) is 5.56 Å². The minimum Gasteiger partial charge on any atom is -0.489 e. The fourth-order valence-electron chi connectivity index (χ4n) is 3.14. The van der Waals surface area contributed by atoms with Gasteiger partial charge in [-0.3, -0.25) is 0 Å². The predicted molar refractivity (Wildman–Crippen MR) is 110 cm³/mol. The molecular formula is C25H20O. The molecule has 0 spiro atoms. The molecule has 4 aromatic carbocycles. The minimum atomic E-state index is 0.686. The lowest BCUT2D eigenvalue weighted by Crippen LogP contribution is -2.00. The first-order valence-electron chi connectivity index (χ1n) is 8.83. The van der Waals surface area contributed by atoms with Crippen molar-refractivity contribution >= 4 is 16.8 Å². The molecule has 1 heterocycles. The van der Waals surface area contributed by atoms with Gasteiger partial charge in [0.25, 0.3) is 0 Å². The Hall–Kier alpha value is -3.32. The van der Waals surface area contributed by atoms with Crippen LogP contribution in [0.25, 0.3) is 28.0 Å². The van der Waals surface area contributed by atoms with Crippen LogP contribution in [0.4, 0.5) is 0 Å². The van der Waals surface area contributed by atoms with E-state index in [-0.39, 0.29) is 0 Å². The van der Waals surface area contributed by atoms with Crippen molar-refractivity contribution in [3.8, 4) is 16.9 Å². The van der Waals surface area contributed by atoms with Crippen molar-refractivity contribution in [1.29, 1.82) is 0 Å². The Kier molecular flexibility index (Phi) is 4.79. The number of fused-ring (bicyclic) bond motifs is 3. The van der Waals surface area contributed by atoms with Crippen LogP contribution in [0.5, 0.6) is 5.75 Å². The summed E-state index contributed by atoms with van der Waals surface area (Å²) in [4.78, 5) is 0. The third-order valence-corrected chi connectivity index (χ3v) is 4.43.